The maximum Gasteiger partial charge on any atom is 0.329 e. The Labute approximate surface area is 64.9 Å². The number of carbonyl (C=O) groups is 1. The third-order valence-corrected chi connectivity index (χ3v) is 1.25. The molecule has 0 fully saturated rings. The van der Waals surface area contributed by atoms with Gasteiger partial charge in [0.15, 0.2) is 0 Å². The predicted molar refractivity (Wildman–Crippen MR) is 38.1 cm³/mol. The van der Waals surface area contributed by atoms with Gasteiger partial charge in [0.25, 0.3) is 0 Å². The third-order valence-electron chi connectivity index (χ3n) is 0.903. The molecule has 0 aromatic rings. The summed E-state index contributed by atoms with van der Waals surface area (Å²) in [5, 5.41) is 8.15. The van der Waals surface area contributed by atoms with Crippen LogP contribution in [0.25, 0.3) is 0 Å². The lowest BCUT2D eigenvalue weighted by molar-refractivity contribution is -0.142. The van der Waals surface area contributed by atoms with Crippen LogP contribution in [0.4, 0.5) is 0 Å². The van der Waals surface area contributed by atoms with Crippen molar-refractivity contribution in [1.82, 2.24) is 0 Å². The maximum atomic E-state index is 9.92. The molecule has 0 aliphatic heterocycles. The largest absolute Gasteiger partial charge is 0.480 e. The molecule has 0 saturated heterocycles. The lowest BCUT2D eigenvalue weighted by Gasteiger charge is -2.06. The van der Waals surface area contributed by atoms with E-state index in [-0.39, 0.29) is 6.61 Å². The first-order valence-corrected chi connectivity index (χ1v) is 3.58. The molecule has 4 heteroatoms. The van der Waals surface area contributed by atoms with Crippen LogP contribution in [0.5, 0.6) is 0 Å². The van der Waals surface area contributed by atoms with Crippen LogP contribution in [0.15, 0.2) is 0 Å². The number of alkyl halides is 1. The Hall–Kier alpha value is -0.280. The van der Waals surface area contributed by atoms with Crippen LogP contribution in [-0.4, -0.2) is 23.2 Å². The van der Waals surface area contributed by atoms with E-state index in [0.717, 1.165) is 6.42 Å². The van der Waals surface area contributed by atoms with Crippen molar-refractivity contribution in [2.45, 2.75) is 25.3 Å². The molecular formula is C6H11ClO3. The summed E-state index contributed by atoms with van der Waals surface area (Å²) in [6.07, 6.45) is 1.59. The monoisotopic (exact) mass is 166 g/mol. The van der Waals surface area contributed by atoms with Gasteiger partial charge in [-0.15, -0.1) is 0 Å². The molecule has 0 saturated carbocycles. The number of carboxylic acid groups (broad SMARTS) is 1. The summed E-state index contributed by atoms with van der Waals surface area (Å²) in [7, 11) is 0. The molecule has 1 unspecified atom stereocenters. The molecule has 1 N–H and O–H groups in total. The molecule has 0 heterocycles. The number of carboxylic acids is 1. The van der Waals surface area contributed by atoms with E-state index in [2.05, 4.69) is 0 Å². The van der Waals surface area contributed by atoms with Crippen molar-refractivity contribution < 1.29 is 14.6 Å². The quantitative estimate of drug-likeness (QED) is 0.629. The highest BCUT2D eigenvalue weighted by Crippen LogP contribution is 2.05. The fourth-order valence-electron chi connectivity index (χ4n) is 0.472. The highest BCUT2D eigenvalue weighted by Gasteiger charge is 2.04. The van der Waals surface area contributed by atoms with Gasteiger partial charge in [-0.2, -0.15) is 0 Å². The first-order chi connectivity index (χ1) is 4.66. The lowest BCUT2D eigenvalue weighted by Crippen LogP contribution is -2.12. The Balaban J connectivity index is 3.21. The second-order valence-corrected chi connectivity index (χ2v) is 2.39. The van der Waals surface area contributed by atoms with Crippen LogP contribution >= 0.6 is 11.6 Å². The van der Waals surface area contributed by atoms with E-state index < -0.39 is 11.5 Å². The average molecular weight is 167 g/mol. The molecule has 0 spiro atoms. The first-order valence-electron chi connectivity index (χ1n) is 3.14. The number of ether oxygens (including phenoxy) is 1. The molecule has 1 atom stereocenters. The SMILES string of the molecule is CCCC(Cl)OCC(=O)O. The molecule has 60 valence electrons. The minimum Gasteiger partial charge on any atom is -0.480 e. The summed E-state index contributed by atoms with van der Waals surface area (Å²) in [6, 6.07) is 0. The number of hydrogen-bond donors (Lipinski definition) is 1. The minimum atomic E-state index is -0.984. The van der Waals surface area contributed by atoms with Gasteiger partial charge in [0.2, 0.25) is 0 Å². The summed E-state index contributed by atoms with van der Waals surface area (Å²) < 4.78 is 4.71. The van der Waals surface area contributed by atoms with Gasteiger partial charge in [-0.1, -0.05) is 24.9 Å². The van der Waals surface area contributed by atoms with Crippen molar-refractivity contribution in [1.29, 1.82) is 0 Å². The van der Waals surface area contributed by atoms with Crippen molar-refractivity contribution in [3.8, 4) is 0 Å². The third kappa shape index (κ3) is 5.85. The van der Waals surface area contributed by atoms with Gasteiger partial charge in [-0.05, 0) is 6.42 Å². The smallest absolute Gasteiger partial charge is 0.329 e. The average Bonchev–Trinajstić information content (AvgIpc) is 1.85. The predicted octanol–water partition coefficient (Wildman–Crippen LogP) is 1.45. The van der Waals surface area contributed by atoms with Crippen LogP contribution < -0.4 is 0 Å². The molecule has 0 rings (SSSR count). The van der Waals surface area contributed by atoms with E-state index in [1.807, 2.05) is 6.92 Å². The van der Waals surface area contributed by atoms with Gasteiger partial charge in [0, 0.05) is 0 Å². The Kier molecular flexibility index (Phi) is 5.35. The molecule has 10 heavy (non-hydrogen) atoms. The topological polar surface area (TPSA) is 46.5 Å². The van der Waals surface area contributed by atoms with Crippen LogP contribution in [0.3, 0.4) is 0 Å². The lowest BCUT2D eigenvalue weighted by atomic mass is 10.4. The zero-order valence-electron chi connectivity index (χ0n) is 5.84. The minimum absolute atomic E-state index is 0.311. The first kappa shape index (κ1) is 9.72. The van der Waals surface area contributed by atoms with E-state index in [1.165, 1.54) is 0 Å². The molecule has 0 aliphatic carbocycles. The Bertz CT molecular complexity index is 105. The van der Waals surface area contributed by atoms with Gasteiger partial charge in [-0.25, -0.2) is 4.79 Å². The molecular weight excluding hydrogens is 156 g/mol. The molecule has 0 aromatic carbocycles. The normalized spacial score (nSPS) is 13.0. The fourth-order valence-corrected chi connectivity index (χ4v) is 0.753. The number of rotatable bonds is 5. The van der Waals surface area contributed by atoms with Gasteiger partial charge in [0.05, 0.1) is 0 Å². The van der Waals surface area contributed by atoms with Gasteiger partial charge in [-0.3, -0.25) is 0 Å². The Morgan fingerprint density at radius 1 is 1.80 bits per heavy atom. The van der Waals surface area contributed by atoms with Crippen molar-refractivity contribution >= 4 is 17.6 Å². The van der Waals surface area contributed by atoms with Crippen LogP contribution in [0.2, 0.25) is 0 Å². The Morgan fingerprint density at radius 3 is 2.80 bits per heavy atom. The molecule has 0 amide bonds. The van der Waals surface area contributed by atoms with Gasteiger partial charge in [0.1, 0.15) is 12.2 Å². The summed E-state index contributed by atoms with van der Waals surface area (Å²) in [6.45, 7) is 1.65. The van der Waals surface area contributed by atoms with Crippen LogP contribution in [-0.2, 0) is 9.53 Å². The zero-order valence-corrected chi connectivity index (χ0v) is 6.60. The van der Waals surface area contributed by atoms with E-state index in [0.29, 0.717) is 6.42 Å². The van der Waals surface area contributed by atoms with E-state index in [9.17, 15) is 4.79 Å². The molecule has 0 radical (unpaired) electrons. The van der Waals surface area contributed by atoms with E-state index >= 15 is 0 Å². The number of halogens is 1. The second-order valence-electron chi connectivity index (χ2n) is 1.90. The van der Waals surface area contributed by atoms with E-state index in [1.54, 1.807) is 0 Å². The van der Waals surface area contributed by atoms with Gasteiger partial charge < -0.3 is 9.84 Å². The Morgan fingerprint density at radius 2 is 2.40 bits per heavy atom. The van der Waals surface area contributed by atoms with Crippen LogP contribution in [0, 0.1) is 0 Å². The molecule has 0 bridgehead atoms. The molecule has 3 nitrogen and oxygen atoms in total. The zero-order chi connectivity index (χ0) is 7.98. The highest BCUT2D eigenvalue weighted by atomic mass is 35.5. The van der Waals surface area contributed by atoms with E-state index in [4.69, 9.17) is 21.4 Å². The summed E-state index contributed by atoms with van der Waals surface area (Å²) in [4.78, 5) is 9.92. The number of hydrogen-bond acceptors (Lipinski definition) is 2. The standard InChI is InChI=1S/C6H11ClO3/c1-2-3-5(7)10-4-6(8)9/h5H,2-4H2,1H3,(H,8,9). The molecule has 0 aliphatic rings. The molecule has 0 aromatic heterocycles. The van der Waals surface area contributed by atoms with Crippen LogP contribution in [0.1, 0.15) is 19.8 Å². The maximum absolute atomic E-state index is 9.92. The fraction of sp³-hybridized carbons (Fsp3) is 0.833. The highest BCUT2D eigenvalue weighted by molar-refractivity contribution is 6.19. The second kappa shape index (κ2) is 5.50. The summed E-state index contributed by atoms with van der Waals surface area (Å²) in [5.74, 6) is -0.984. The van der Waals surface area contributed by atoms with Crippen molar-refractivity contribution in [2.75, 3.05) is 6.61 Å². The van der Waals surface area contributed by atoms with Crippen molar-refractivity contribution in [3.05, 3.63) is 0 Å². The van der Waals surface area contributed by atoms with Gasteiger partial charge >= 0.3 is 5.97 Å². The summed E-state index contributed by atoms with van der Waals surface area (Å²) >= 11 is 5.54. The van der Waals surface area contributed by atoms with Crippen molar-refractivity contribution in [3.63, 3.8) is 0 Å². The van der Waals surface area contributed by atoms with Crippen molar-refractivity contribution in [2.24, 2.45) is 0 Å². The number of aliphatic carboxylic acids is 1. The summed E-state index contributed by atoms with van der Waals surface area (Å²) in [5.41, 5.74) is -0.457.